The third-order valence-corrected chi connectivity index (χ3v) is 10.8. The number of aryl methyl sites for hydroxylation is 4. The number of phenols is 2. The van der Waals surface area contributed by atoms with Gasteiger partial charge in [-0.3, -0.25) is 0 Å². The van der Waals surface area contributed by atoms with E-state index in [0.717, 1.165) is 33.5 Å². The molecular weight excluding hydrogens is 872 g/mol. The number of aromatic hydroxyl groups is 2. The molecule has 0 bridgehead atoms. The van der Waals surface area contributed by atoms with Crippen molar-refractivity contribution in [2.45, 2.75) is 119 Å². The van der Waals surface area contributed by atoms with E-state index in [1.807, 2.05) is 38.1 Å². The normalized spacial score (nSPS) is 10.8. The minimum absolute atomic E-state index is 0. The third kappa shape index (κ3) is 15.2. The maximum absolute atomic E-state index is 9.57. The molecule has 0 spiro atoms. The summed E-state index contributed by atoms with van der Waals surface area (Å²) >= 11 is 0. The summed E-state index contributed by atoms with van der Waals surface area (Å²) in [6, 6.07) is 55.0. The van der Waals surface area contributed by atoms with Crippen molar-refractivity contribution in [3.63, 3.8) is 0 Å². The topological polar surface area (TPSA) is 40.5 Å². The monoisotopic (exact) mass is 942 g/mol. The van der Waals surface area contributed by atoms with E-state index in [1.54, 1.807) is 12.1 Å². The van der Waals surface area contributed by atoms with Crippen molar-refractivity contribution in [1.29, 1.82) is 0 Å². The first-order chi connectivity index (χ1) is 30.0. The van der Waals surface area contributed by atoms with E-state index in [9.17, 15) is 10.2 Å². The maximum atomic E-state index is 9.57. The Morgan fingerprint density at radius 2 is 0.766 bits per heavy atom. The zero-order chi connectivity index (χ0) is 46.2. The van der Waals surface area contributed by atoms with E-state index in [-0.39, 0.29) is 37.0 Å². The molecule has 0 aliphatic heterocycles. The first kappa shape index (κ1) is 53.6. The molecule has 0 aliphatic rings. The van der Waals surface area contributed by atoms with Crippen LogP contribution < -0.4 is 0 Å². The number of rotatable bonds is 6. The Labute approximate surface area is 408 Å². The summed E-state index contributed by atoms with van der Waals surface area (Å²) in [5.41, 5.74) is 12.9. The Morgan fingerprint density at radius 1 is 0.453 bits per heavy atom. The zero-order valence-corrected chi connectivity index (χ0v) is 44.2. The first-order valence-corrected chi connectivity index (χ1v) is 24.7. The summed E-state index contributed by atoms with van der Waals surface area (Å²) in [6.07, 6.45) is 4.68. The fourth-order valence-corrected chi connectivity index (χ4v) is 7.89. The number of phenolic OH excluding ortho intramolecular Hbond substituents is 2. The van der Waals surface area contributed by atoms with Gasteiger partial charge < -0.3 is 10.2 Å². The molecule has 64 heavy (non-hydrogen) atoms. The van der Waals surface area contributed by atoms with Crippen molar-refractivity contribution in [3.8, 4) is 33.8 Å². The molecule has 8 rings (SSSR count). The van der Waals surface area contributed by atoms with Gasteiger partial charge >= 0.3 is 26.2 Å². The summed E-state index contributed by atoms with van der Waals surface area (Å²) in [5.74, 6) is 0.793. The molecule has 2 radical (unpaired) electrons. The molecule has 0 fully saturated rings. The Morgan fingerprint density at radius 3 is 1.06 bits per heavy atom. The van der Waals surface area contributed by atoms with E-state index in [1.165, 1.54) is 78.9 Å². The summed E-state index contributed by atoms with van der Waals surface area (Å²) in [5, 5.41) is 24.6. The molecule has 0 aromatic heterocycles. The van der Waals surface area contributed by atoms with Gasteiger partial charge in [-0.05, 0) is 60.8 Å². The van der Waals surface area contributed by atoms with Crippen molar-refractivity contribution < 1.29 is 36.4 Å². The molecular formula is C60H72O2SiZr. The number of benzene rings is 6. The van der Waals surface area contributed by atoms with Gasteiger partial charge in [0.2, 0.25) is 0 Å². The minimum Gasteiger partial charge on any atom is -0.508 e. The Kier molecular flexibility index (Phi) is 21.5. The van der Waals surface area contributed by atoms with Gasteiger partial charge in [0.1, 0.15) is 11.5 Å². The van der Waals surface area contributed by atoms with Crippen molar-refractivity contribution >= 4 is 31.1 Å². The second-order valence-corrected chi connectivity index (χ2v) is 19.5. The number of hydrogen-bond acceptors (Lipinski definition) is 2. The molecule has 0 amide bonds. The van der Waals surface area contributed by atoms with Crippen molar-refractivity contribution in [1.82, 2.24) is 0 Å². The Balaban J connectivity index is 0.000000225. The molecule has 0 atom stereocenters. The van der Waals surface area contributed by atoms with Crippen LogP contribution in [-0.4, -0.2) is 19.7 Å². The van der Waals surface area contributed by atoms with Crippen LogP contribution in [0.2, 0.25) is 13.1 Å². The predicted octanol–water partition coefficient (Wildman–Crippen LogP) is 17.1. The van der Waals surface area contributed by atoms with Gasteiger partial charge in [0.05, 0.1) is 0 Å². The van der Waals surface area contributed by atoms with E-state index < -0.39 is 0 Å². The average molecular weight is 945 g/mol. The van der Waals surface area contributed by atoms with Gasteiger partial charge in [0.15, 0.2) is 0 Å². The molecule has 8 aromatic carbocycles. The molecule has 0 aliphatic carbocycles. The largest absolute Gasteiger partial charge is 2.00 e. The van der Waals surface area contributed by atoms with Crippen LogP contribution in [0, 0.1) is 13.8 Å². The van der Waals surface area contributed by atoms with Crippen LogP contribution in [0.3, 0.4) is 0 Å². The van der Waals surface area contributed by atoms with Gasteiger partial charge in [-0.15, -0.1) is 70.8 Å². The Hall–Kier alpha value is -4.76. The van der Waals surface area contributed by atoms with Crippen LogP contribution in [0.5, 0.6) is 11.5 Å². The zero-order valence-electron chi connectivity index (χ0n) is 40.7. The van der Waals surface area contributed by atoms with Crippen molar-refractivity contribution in [2.24, 2.45) is 0 Å². The first-order valence-electron chi connectivity index (χ1n) is 22.7. The van der Waals surface area contributed by atoms with E-state index >= 15 is 0 Å². The molecule has 8 aromatic rings. The molecule has 0 saturated carbocycles. The molecule has 332 valence electrons. The van der Waals surface area contributed by atoms with Crippen LogP contribution in [-0.2, 0) is 49.9 Å². The van der Waals surface area contributed by atoms with E-state index in [4.69, 9.17) is 0 Å². The SMILES string of the molecule is CCCc1cc2ccccc2[c-]1-c1ccccc1.CCCc1cc2ccccc2[c-]1-c1ccccc1.C[Si]C.Cc1ccc(O)c(C(C)(C)C)c1.Cc1ccc(O)c(C(C)(C)C)c1.[Zr+2]. The van der Waals surface area contributed by atoms with E-state index in [2.05, 4.69) is 190 Å². The second-order valence-electron chi connectivity index (χ2n) is 18.5. The molecule has 4 heteroatoms. The van der Waals surface area contributed by atoms with Gasteiger partial charge in [0.25, 0.3) is 0 Å². The average Bonchev–Trinajstić information content (AvgIpc) is 3.81. The summed E-state index contributed by atoms with van der Waals surface area (Å²) in [7, 11) is 1.08. The molecule has 2 nitrogen and oxygen atoms in total. The third-order valence-electron chi connectivity index (χ3n) is 10.8. The van der Waals surface area contributed by atoms with Crippen LogP contribution in [0.25, 0.3) is 43.8 Å². The summed E-state index contributed by atoms with van der Waals surface area (Å²) in [4.78, 5) is 0. The van der Waals surface area contributed by atoms with Gasteiger partial charge in [-0.1, -0.05) is 222 Å². The molecule has 0 saturated heterocycles. The van der Waals surface area contributed by atoms with Gasteiger partial charge in [-0.2, -0.15) is 0 Å². The predicted molar refractivity (Wildman–Crippen MR) is 279 cm³/mol. The van der Waals surface area contributed by atoms with Crippen molar-refractivity contribution in [2.75, 3.05) is 0 Å². The molecule has 2 N–H and O–H groups in total. The number of fused-ring (bicyclic) bond motifs is 2. The fourth-order valence-electron chi connectivity index (χ4n) is 7.89. The molecule has 0 unspecified atom stereocenters. The summed E-state index contributed by atoms with van der Waals surface area (Å²) < 4.78 is 0. The van der Waals surface area contributed by atoms with E-state index in [0.29, 0.717) is 11.5 Å². The van der Waals surface area contributed by atoms with Crippen LogP contribution in [0.15, 0.2) is 158 Å². The smallest absolute Gasteiger partial charge is 0.508 e. The quantitative estimate of drug-likeness (QED) is 0.129. The van der Waals surface area contributed by atoms with Crippen molar-refractivity contribution in [3.05, 3.63) is 191 Å². The fraction of sp³-hybridized carbons (Fsp3) is 0.300. The second kappa shape index (κ2) is 25.7. The van der Waals surface area contributed by atoms with Crippen LogP contribution in [0.1, 0.15) is 102 Å². The summed E-state index contributed by atoms with van der Waals surface area (Å²) in [6.45, 7) is 25.5. The van der Waals surface area contributed by atoms with Crippen LogP contribution >= 0.6 is 0 Å². The van der Waals surface area contributed by atoms with Gasteiger partial charge in [-0.25, -0.2) is 0 Å². The van der Waals surface area contributed by atoms with Gasteiger partial charge in [0, 0.05) is 9.52 Å². The molecule has 0 heterocycles. The Bertz CT molecular complexity index is 2400. The minimum atomic E-state index is 0. The maximum Gasteiger partial charge on any atom is 2.00 e. The van der Waals surface area contributed by atoms with Crippen LogP contribution in [0.4, 0.5) is 0 Å². The number of hydrogen-bond donors (Lipinski definition) is 2. The standard InChI is InChI=1S/2C18H17.2C11H16O.C2H6Si.Zr/c2*1-2-8-16-13-15-11-6-7-12-17(15)18(16)14-9-4-3-5-10-14;2*1-8-5-6-10(12)9(7-8)11(2,3)4;1-3-2;/h2*3-7,9-13H,2,8H2,1H3;2*5-7,12H,1-4H3;1-2H3;/q2*-1;;;;+2.